The van der Waals surface area contributed by atoms with Crippen LogP contribution < -0.4 is 11.3 Å². The standard InChI is InChI=1S/C22H21F2N5O/c23-17-1-2-18(24)15(4-17)10-28-8-13-3-16(11-28)20-5-14(6-22(30)29(20)9-13)19-7-21(25)27-12-26-19/h1-2,4-7,12-13,16H,3,8-11H2,(H2,25,26,27)/t13-,16+/m0/s1. The Balaban J connectivity index is 1.46. The molecule has 0 aliphatic carbocycles. The number of rotatable bonds is 3. The lowest BCUT2D eigenvalue weighted by Crippen LogP contribution is -2.46. The van der Waals surface area contributed by atoms with Crippen LogP contribution in [-0.2, 0) is 13.1 Å². The van der Waals surface area contributed by atoms with Gasteiger partial charge >= 0.3 is 0 Å². The maximum atomic E-state index is 14.1. The molecule has 5 rings (SSSR count). The van der Waals surface area contributed by atoms with Gasteiger partial charge < -0.3 is 10.3 Å². The largest absolute Gasteiger partial charge is 0.384 e. The molecule has 0 radical (unpaired) electrons. The molecule has 1 aromatic carbocycles. The quantitative estimate of drug-likeness (QED) is 0.720. The summed E-state index contributed by atoms with van der Waals surface area (Å²) < 4.78 is 29.5. The number of anilines is 1. The molecule has 30 heavy (non-hydrogen) atoms. The van der Waals surface area contributed by atoms with Gasteiger partial charge in [0.25, 0.3) is 5.56 Å². The number of nitrogens with two attached hydrogens (primary N) is 1. The van der Waals surface area contributed by atoms with Crippen molar-refractivity contribution >= 4 is 5.82 Å². The van der Waals surface area contributed by atoms with Crippen molar-refractivity contribution < 1.29 is 8.78 Å². The third-order valence-corrected chi connectivity index (χ3v) is 6.02. The molecule has 3 aromatic rings. The maximum absolute atomic E-state index is 14.1. The molecule has 2 N–H and O–H groups in total. The van der Waals surface area contributed by atoms with E-state index in [1.54, 1.807) is 12.1 Å². The fraction of sp³-hybridized carbons (Fsp3) is 0.318. The van der Waals surface area contributed by atoms with Crippen molar-refractivity contribution in [3.05, 3.63) is 76.0 Å². The number of piperidine rings is 1. The Bertz CT molecular complexity index is 1180. The van der Waals surface area contributed by atoms with Crippen LogP contribution in [0.3, 0.4) is 0 Å². The average molecular weight is 409 g/mol. The maximum Gasteiger partial charge on any atom is 0.251 e. The Morgan fingerprint density at radius 3 is 2.77 bits per heavy atom. The van der Waals surface area contributed by atoms with E-state index in [1.807, 2.05) is 10.6 Å². The van der Waals surface area contributed by atoms with Crippen LogP contribution in [0, 0.1) is 17.6 Å². The zero-order valence-electron chi connectivity index (χ0n) is 16.3. The monoisotopic (exact) mass is 409 g/mol. The van der Waals surface area contributed by atoms with Crippen molar-refractivity contribution in [1.82, 2.24) is 19.4 Å². The van der Waals surface area contributed by atoms with Gasteiger partial charge in [-0.2, -0.15) is 0 Å². The summed E-state index contributed by atoms with van der Waals surface area (Å²) >= 11 is 0. The minimum atomic E-state index is -0.436. The van der Waals surface area contributed by atoms with E-state index in [0.29, 0.717) is 48.2 Å². The first-order valence-corrected chi connectivity index (χ1v) is 9.95. The van der Waals surface area contributed by atoms with E-state index in [2.05, 4.69) is 14.9 Å². The highest BCUT2D eigenvalue weighted by atomic mass is 19.1. The van der Waals surface area contributed by atoms with Crippen LogP contribution in [0.25, 0.3) is 11.3 Å². The van der Waals surface area contributed by atoms with Gasteiger partial charge in [-0.1, -0.05) is 0 Å². The fourth-order valence-electron chi connectivity index (χ4n) is 4.77. The van der Waals surface area contributed by atoms with Crippen molar-refractivity contribution in [2.24, 2.45) is 5.92 Å². The number of aromatic nitrogens is 3. The van der Waals surface area contributed by atoms with Crippen LogP contribution in [0.2, 0.25) is 0 Å². The van der Waals surface area contributed by atoms with Gasteiger partial charge in [0, 0.05) is 61.1 Å². The van der Waals surface area contributed by atoms with Gasteiger partial charge in [-0.15, -0.1) is 0 Å². The van der Waals surface area contributed by atoms with Crippen molar-refractivity contribution in [2.75, 3.05) is 18.8 Å². The molecule has 0 unspecified atom stereocenters. The van der Waals surface area contributed by atoms with Crippen LogP contribution in [-0.4, -0.2) is 32.5 Å². The second-order valence-electron chi connectivity index (χ2n) is 8.17. The first-order valence-electron chi connectivity index (χ1n) is 9.95. The van der Waals surface area contributed by atoms with Crippen LogP contribution in [0.1, 0.15) is 23.6 Å². The predicted molar refractivity (Wildman–Crippen MR) is 109 cm³/mol. The summed E-state index contributed by atoms with van der Waals surface area (Å²) in [6.07, 6.45) is 2.35. The summed E-state index contributed by atoms with van der Waals surface area (Å²) in [7, 11) is 0. The zero-order chi connectivity index (χ0) is 20.8. The van der Waals surface area contributed by atoms with Gasteiger partial charge in [0.15, 0.2) is 0 Å². The number of halogens is 2. The van der Waals surface area contributed by atoms with Crippen molar-refractivity contribution in [2.45, 2.75) is 25.4 Å². The number of hydrogen-bond acceptors (Lipinski definition) is 5. The van der Waals surface area contributed by atoms with Crippen LogP contribution >= 0.6 is 0 Å². The fourth-order valence-corrected chi connectivity index (χ4v) is 4.77. The number of hydrogen-bond donors (Lipinski definition) is 1. The molecule has 154 valence electrons. The van der Waals surface area contributed by atoms with Crippen LogP contribution in [0.5, 0.6) is 0 Å². The number of nitrogens with zero attached hydrogens (tertiary/aromatic N) is 4. The van der Waals surface area contributed by atoms with Crippen LogP contribution in [0.4, 0.5) is 14.6 Å². The molecule has 6 nitrogen and oxygen atoms in total. The summed E-state index contributed by atoms with van der Waals surface area (Å²) in [6.45, 7) is 2.41. The number of nitrogen functional groups attached to an aromatic ring is 1. The van der Waals surface area contributed by atoms with E-state index in [-0.39, 0.29) is 11.5 Å². The molecule has 8 heteroatoms. The minimum Gasteiger partial charge on any atom is -0.384 e. The van der Waals surface area contributed by atoms with Gasteiger partial charge in [0.2, 0.25) is 0 Å². The summed E-state index contributed by atoms with van der Waals surface area (Å²) in [5.74, 6) is -0.0485. The summed E-state index contributed by atoms with van der Waals surface area (Å²) in [6, 6.07) is 8.80. The molecular weight excluding hydrogens is 388 g/mol. The SMILES string of the molecule is Nc1cc(-c2cc3n(c(=O)c2)C[C@H]2C[C@@H]3CN(Cc3cc(F)ccc3F)C2)ncn1. The van der Waals surface area contributed by atoms with Gasteiger partial charge in [-0.05, 0) is 36.6 Å². The van der Waals surface area contributed by atoms with Crippen LogP contribution in [0.15, 0.2) is 47.5 Å². The second kappa shape index (κ2) is 7.28. The lowest BCUT2D eigenvalue weighted by atomic mass is 9.82. The molecule has 0 spiro atoms. The smallest absolute Gasteiger partial charge is 0.251 e. The summed E-state index contributed by atoms with van der Waals surface area (Å²) in [5, 5.41) is 0. The summed E-state index contributed by atoms with van der Waals surface area (Å²) in [4.78, 5) is 23.1. The average Bonchev–Trinajstić information content (AvgIpc) is 2.71. The molecule has 0 amide bonds. The third-order valence-electron chi connectivity index (χ3n) is 6.02. The van der Waals surface area contributed by atoms with Crippen molar-refractivity contribution in [1.29, 1.82) is 0 Å². The Hall–Kier alpha value is -3.13. The Morgan fingerprint density at radius 2 is 1.93 bits per heavy atom. The van der Waals surface area contributed by atoms with E-state index in [1.165, 1.54) is 18.5 Å². The van der Waals surface area contributed by atoms with E-state index >= 15 is 0 Å². The first kappa shape index (κ1) is 18.9. The minimum absolute atomic E-state index is 0.0565. The third kappa shape index (κ3) is 3.47. The Kier molecular flexibility index (Phi) is 4.58. The topological polar surface area (TPSA) is 77.0 Å². The second-order valence-corrected chi connectivity index (χ2v) is 8.17. The van der Waals surface area contributed by atoms with E-state index < -0.39 is 11.6 Å². The normalized spacial score (nSPS) is 20.7. The molecule has 1 fully saturated rings. The predicted octanol–water partition coefficient (Wildman–Crippen LogP) is 2.79. The molecule has 2 atom stereocenters. The number of fused-ring (bicyclic) bond motifs is 4. The van der Waals surface area contributed by atoms with Gasteiger partial charge in [0.1, 0.15) is 23.8 Å². The number of benzene rings is 1. The first-order chi connectivity index (χ1) is 14.5. The highest BCUT2D eigenvalue weighted by molar-refractivity contribution is 5.61. The molecular formula is C22H21F2N5O. The molecule has 0 saturated carbocycles. The molecule has 2 aliphatic rings. The van der Waals surface area contributed by atoms with E-state index in [0.717, 1.165) is 24.7 Å². The zero-order valence-corrected chi connectivity index (χ0v) is 16.3. The van der Waals surface area contributed by atoms with E-state index in [9.17, 15) is 13.6 Å². The van der Waals surface area contributed by atoms with E-state index in [4.69, 9.17) is 5.73 Å². The van der Waals surface area contributed by atoms with Gasteiger partial charge in [0.05, 0.1) is 5.69 Å². The lowest BCUT2D eigenvalue weighted by Gasteiger charge is -2.43. The molecule has 2 bridgehead atoms. The number of pyridine rings is 1. The number of likely N-dealkylation sites (tertiary alicyclic amines) is 1. The van der Waals surface area contributed by atoms with Gasteiger partial charge in [-0.25, -0.2) is 18.7 Å². The molecule has 2 aromatic heterocycles. The Morgan fingerprint density at radius 1 is 1.07 bits per heavy atom. The molecule has 1 saturated heterocycles. The highest BCUT2D eigenvalue weighted by Gasteiger charge is 2.35. The van der Waals surface area contributed by atoms with Crippen molar-refractivity contribution in [3.8, 4) is 11.3 Å². The molecule has 4 heterocycles. The lowest BCUT2D eigenvalue weighted by molar-refractivity contribution is 0.113. The summed E-state index contributed by atoms with van der Waals surface area (Å²) in [5.41, 5.74) is 8.35. The van der Waals surface area contributed by atoms with Crippen molar-refractivity contribution in [3.63, 3.8) is 0 Å². The highest BCUT2D eigenvalue weighted by Crippen LogP contribution is 2.37. The Labute approximate surface area is 172 Å². The molecule has 2 aliphatic heterocycles. The van der Waals surface area contributed by atoms with Gasteiger partial charge in [-0.3, -0.25) is 9.69 Å².